The van der Waals surface area contributed by atoms with Gasteiger partial charge in [-0.2, -0.15) is 0 Å². The highest BCUT2D eigenvalue weighted by molar-refractivity contribution is 7.09. The van der Waals surface area contributed by atoms with Crippen LogP contribution in [0.3, 0.4) is 0 Å². The summed E-state index contributed by atoms with van der Waals surface area (Å²) in [5, 5.41) is 0. The zero-order chi connectivity index (χ0) is 10.8. The number of nitrogens with zero attached hydrogens (tertiary/aromatic N) is 1. The summed E-state index contributed by atoms with van der Waals surface area (Å²) in [6, 6.07) is 2.02. The van der Waals surface area contributed by atoms with Crippen LogP contribution in [0, 0.1) is 13.8 Å². The Morgan fingerprint density at radius 3 is 2.87 bits per heavy atom. The van der Waals surface area contributed by atoms with Crippen LogP contribution in [0.4, 0.5) is 0 Å². The molecule has 0 spiro atoms. The molecule has 0 aliphatic rings. The number of nitrogens with two attached hydrogens (primary N) is 1. The zero-order valence-electron chi connectivity index (χ0n) is 8.86. The number of thiazole rings is 1. The Labute approximate surface area is 92.9 Å². The van der Waals surface area contributed by atoms with Crippen molar-refractivity contribution in [3.05, 3.63) is 39.7 Å². The van der Waals surface area contributed by atoms with E-state index in [9.17, 15) is 0 Å². The van der Waals surface area contributed by atoms with E-state index in [2.05, 4.69) is 4.98 Å². The Hall–Kier alpha value is -1.13. The molecule has 15 heavy (non-hydrogen) atoms. The van der Waals surface area contributed by atoms with Crippen molar-refractivity contribution in [3.63, 3.8) is 0 Å². The molecule has 2 N–H and O–H groups in total. The van der Waals surface area contributed by atoms with Crippen LogP contribution < -0.4 is 5.73 Å². The molecule has 0 aromatic carbocycles. The molecule has 0 saturated heterocycles. The van der Waals surface area contributed by atoms with E-state index >= 15 is 0 Å². The van der Waals surface area contributed by atoms with Crippen molar-refractivity contribution >= 4 is 11.3 Å². The van der Waals surface area contributed by atoms with Gasteiger partial charge in [-0.25, -0.2) is 0 Å². The van der Waals surface area contributed by atoms with Gasteiger partial charge in [0.25, 0.3) is 0 Å². The number of hydrogen-bond acceptors (Lipinski definition) is 4. The second kappa shape index (κ2) is 4.16. The van der Waals surface area contributed by atoms with E-state index in [4.69, 9.17) is 10.2 Å². The minimum absolute atomic E-state index is 0.00269. The molecule has 0 radical (unpaired) electrons. The van der Waals surface area contributed by atoms with E-state index in [0.29, 0.717) is 0 Å². The molecule has 0 aliphatic carbocycles. The normalized spacial score (nSPS) is 13.0. The van der Waals surface area contributed by atoms with Crippen molar-refractivity contribution in [3.8, 4) is 0 Å². The third kappa shape index (κ3) is 2.27. The van der Waals surface area contributed by atoms with Crippen LogP contribution in [0.5, 0.6) is 0 Å². The average molecular weight is 222 g/mol. The predicted molar refractivity (Wildman–Crippen MR) is 60.9 cm³/mol. The molecule has 2 aromatic rings. The van der Waals surface area contributed by atoms with Crippen LogP contribution in [0.25, 0.3) is 0 Å². The highest BCUT2D eigenvalue weighted by Gasteiger charge is 2.14. The minimum atomic E-state index is 0.00269. The van der Waals surface area contributed by atoms with Gasteiger partial charge in [0.05, 0.1) is 5.51 Å². The molecule has 2 heterocycles. The molecule has 0 aliphatic heterocycles. The molecule has 4 heteroatoms. The standard InChI is InChI=1S/C11H14N2OS/c1-7-3-10(8(2)14-7)11(12)4-9-5-13-6-15-9/h3,5-6,11H,4,12H2,1-2H3. The van der Waals surface area contributed by atoms with Crippen molar-refractivity contribution in [1.29, 1.82) is 0 Å². The van der Waals surface area contributed by atoms with Gasteiger partial charge < -0.3 is 10.2 Å². The maximum atomic E-state index is 6.12. The van der Waals surface area contributed by atoms with E-state index < -0.39 is 0 Å². The summed E-state index contributed by atoms with van der Waals surface area (Å²) in [6.07, 6.45) is 2.69. The summed E-state index contributed by atoms with van der Waals surface area (Å²) in [5.41, 5.74) is 9.05. The highest BCUT2D eigenvalue weighted by Crippen LogP contribution is 2.23. The molecular weight excluding hydrogens is 208 g/mol. The molecule has 80 valence electrons. The number of hydrogen-bond donors (Lipinski definition) is 1. The third-order valence-corrected chi connectivity index (χ3v) is 3.19. The van der Waals surface area contributed by atoms with Gasteiger partial charge in [0.2, 0.25) is 0 Å². The minimum Gasteiger partial charge on any atom is -0.466 e. The quantitative estimate of drug-likeness (QED) is 0.868. The van der Waals surface area contributed by atoms with Crippen LogP contribution >= 0.6 is 11.3 Å². The summed E-state index contributed by atoms with van der Waals surface area (Å²) < 4.78 is 5.46. The lowest BCUT2D eigenvalue weighted by Gasteiger charge is -2.08. The summed E-state index contributed by atoms with van der Waals surface area (Å²) in [7, 11) is 0. The first kappa shape index (κ1) is 10.4. The summed E-state index contributed by atoms with van der Waals surface area (Å²) in [6.45, 7) is 3.89. The van der Waals surface area contributed by atoms with Crippen LogP contribution in [-0.4, -0.2) is 4.98 Å². The molecule has 0 saturated carbocycles. The zero-order valence-corrected chi connectivity index (χ0v) is 9.67. The molecular formula is C11H14N2OS. The van der Waals surface area contributed by atoms with E-state index in [-0.39, 0.29) is 6.04 Å². The second-order valence-corrected chi connectivity index (χ2v) is 4.62. The Balaban J connectivity index is 2.14. The first-order valence-electron chi connectivity index (χ1n) is 4.86. The SMILES string of the molecule is Cc1cc(C(N)Cc2cncs2)c(C)o1. The van der Waals surface area contributed by atoms with Crippen molar-refractivity contribution in [2.45, 2.75) is 26.3 Å². The van der Waals surface area contributed by atoms with E-state index in [0.717, 1.165) is 23.5 Å². The summed E-state index contributed by atoms with van der Waals surface area (Å²) in [5.74, 6) is 1.84. The highest BCUT2D eigenvalue weighted by atomic mass is 32.1. The van der Waals surface area contributed by atoms with E-state index in [1.807, 2.05) is 31.6 Å². The molecule has 2 aromatic heterocycles. The van der Waals surface area contributed by atoms with Crippen molar-refractivity contribution < 1.29 is 4.42 Å². The van der Waals surface area contributed by atoms with Crippen LogP contribution in [0.1, 0.15) is 28.0 Å². The number of furan rings is 1. The van der Waals surface area contributed by atoms with Crippen molar-refractivity contribution in [2.75, 3.05) is 0 Å². The maximum absolute atomic E-state index is 6.12. The predicted octanol–water partition coefficient (Wildman–Crippen LogP) is 2.60. The van der Waals surface area contributed by atoms with Crippen molar-refractivity contribution in [2.24, 2.45) is 5.73 Å². The van der Waals surface area contributed by atoms with Gasteiger partial charge in [0.15, 0.2) is 0 Å². The molecule has 2 rings (SSSR count). The molecule has 1 atom stereocenters. The molecule has 1 unspecified atom stereocenters. The van der Waals surface area contributed by atoms with Gasteiger partial charge in [0.1, 0.15) is 11.5 Å². The second-order valence-electron chi connectivity index (χ2n) is 3.65. The first-order valence-corrected chi connectivity index (χ1v) is 5.74. The Kier molecular flexibility index (Phi) is 2.88. The Morgan fingerprint density at radius 2 is 2.33 bits per heavy atom. The Bertz CT molecular complexity index is 433. The average Bonchev–Trinajstić information content (AvgIpc) is 2.75. The van der Waals surface area contributed by atoms with Crippen LogP contribution in [0.15, 0.2) is 22.2 Å². The number of aromatic nitrogens is 1. The lowest BCUT2D eigenvalue weighted by Crippen LogP contribution is -2.12. The van der Waals surface area contributed by atoms with Crippen LogP contribution in [-0.2, 0) is 6.42 Å². The van der Waals surface area contributed by atoms with Gasteiger partial charge in [-0.3, -0.25) is 4.98 Å². The van der Waals surface area contributed by atoms with Crippen molar-refractivity contribution in [1.82, 2.24) is 4.98 Å². The summed E-state index contributed by atoms with van der Waals surface area (Å²) >= 11 is 1.64. The molecule has 3 nitrogen and oxygen atoms in total. The summed E-state index contributed by atoms with van der Waals surface area (Å²) in [4.78, 5) is 5.25. The fraction of sp³-hybridized carbons (Fsp3) is 0.364. The van der Waals surface area contributed by atoms with Gasteiger partial charge in [-0.05, 0) is 19.9 Å². The topological polar surface area (TPSA) is 52.0 Å². The molecule has 0 amide bonds. The van der Waals surface area contributed by atoms with Gasteiger partial charge in [-0.15, -0.1) is 11.3 Å². The van der Waals surface area contributed by atoms with E-state index in [1.165, 1.54) is 4.88 Å². The smallest absolute Gasteiger partial charge is 0.105 e. The fourth-order valence-corrected chi connectivity index (χ4v) is 2.34. The largest absolute Gasteiger partial charge is 0.466 e. The fourth-order valence-electron chi connectivity index (χ4n) is 1.69. The lowest BCUT2D eigenvalue weighted by molar-refractivity contribution is 0.497. The maximum Gasteiger partial charge on any atom is 0.105 e. The van der Waals surface area contributed by atoms with Gasteiger partial charge in [0, 0.05) is 29.1 Å². The number of rotatable bonds is 3. The molecule has 0 fully saturated rings. The van der Waals surface area contributed by atoms with Crippen LogP contribution in [0.2, 0.25) is 0 Å². The number of aryl methyl sites for hydroxylation is 2. The first-order chi connectivity index (χ1) is 7.16. The third-order valence-electron chi connectivity index (χ3n) is 2.38. The Morgan fingerprint density at radius 1 is 1.53 bits per heavy atom. The van der Waals surface area contributed by atoms with Gasteiger partial charge >= 0.3 is 0 Å². The molecule has 0 bridgehead atoms. The van der Waals surface area contributed by atoms with E-state index in [1.54, 1.807) is 11.3 Å². The lowest BCUT2D eigenvalue weighted by atomic mass is 10.1. The van der Waals surface area contributed by atoms with Gasteiger partial charge in [-0.1, -0.05) is 0 Å². The monoisotopic (exact) mass is 222 g/mol.